The van der Waals surface area contributed by atoms with Gasteiger partial charge in [-0.2, -0.15) is 0 Å². The Kier molecular flexibility index (Phi) is 6.06. The number of alkyl carbamates (subject to hydrolysis) is 1. The SMILES string of the molecule is CCC(I)[C@H](NC(=O)OC(C)(C)C)C(=O)O. The van der Waals surface area contributed by atoms with Crippen molar-refractivity contribution < 1.29 is 19.4 Å². The fraction of sp³-hybridized carbons (Fsp3) is 0.800. The van der Waals surface area contributed by atoms with Gasteiger partial charge in [0, 0.05) is 3.92 Å². The molecule has 0 saturated carbocycles. The second kappa shape index (κ2) is 6.27. The van der Waals surface area contributed by atoms with Gasteiger partial charge in [-0.3, -0.25) is 0 Å². The van der Waals surface area contributed by atoms with Gasteiger partial charge in [0.2, 0.25) is 0 Å². The van der Waals surface area contributed by atoms with Crippen LogP contribution in [0.1, 0.15) is 34.1 Å². The first kappa shape index (κ1) is 15.5. The van der Waals surface area contributed by atoms with Crippen LogP contribution in [-0.4, -0.2) is 32.7 Å². The predicted molar refractivity (Wildman–Crippen MR) is 68.9 cm³/mol. The molecule has 6 heteroatoms. The van der Waals surface area contributed by atoms with Gasteiger partial charge in [-0.25, -0.2) is 9.59 Å². The summed E-state index contributed by atoms with van der Waals surface area (Å²) in [5.41, 5.74) is -0.625. The van der Waals surface area contributed by atoms with Gasteiger partial charge in [0.1, 0.15) is 11.6 Å². The van der Waals surface area contributed by atoms with Crippen LogP contribution in [0.4, 0.5) is 4.79 Å². The van der Waals surface area contributed by atoms with Gasteiger partial charge in [-0.1, -0.05) is 29.5 Å². The Hall–Kier alpha value is -0.530. The molecule has 1 amide bonds. The van der Waals surface area contributed by atoms with Crippen LogP contribution >= 0.6 is 22.6 Å². The minimum absolute atomic E-state index is 0.164. The number of nitrogens with one attached hydrogen (secondary N) is 1. The fourth-order valence-electron chi connectivity index (χ4n) is 0.977. The highest BCUT2D eigenvalue weighted by molar-refractivity contribution is 14.1. The third kappa shape index (κ3) is 6.14. The highest BCUT2D eigenvalue weighted by Crippen LogP contribution is 2.13. The third-order valence-electron chi connectivity index (χ3n) is 1.69. The quantitative estimate of drug-likeness (QED) is 0.606. The molecule has 5 nitrogen and oxygen atoms in total. The van der Waals surface area contributed by atoms with Crippen molar-refractivity contribution in [3.8, 4) is 0 Å². The summed E-state index contributed by atoms with van der Waals surface area (Å²) in [5.74, 6) is -1.05. The molecule has 16 heavy (non-hydrogen) atoms. The maximum atomic E-state index is 11.4. The molecular formula is C10H18INO4. The third-order valence-corrected chi connectivity index (χ3v) is 3.29. The molecule has 0 radical (unpaired) electrons. The van der Waals surface area contributed by atoms with Crippen LogP contribution in [0.5, 0.6) is 0 Å². The lowest BCUT2D eigenvalue weighted by molar-refractivity contribution is -0.139. The fourth-order valence-corrected chi connectivity index (χ4v) is 1.46. The van der Waals surface area contributed by atoms with Gasteiger partial charge in [0.05, 0.1) is 0 Å². The monoisotopic (exact) mass is 343 g/mol. The number of alkyl halides is 1. The number of carbonyl (C=O) groups is 2. The molecular weight excluding hydrogens is 325 g/mol. The van der Waals surface area contributed by atoms with E-state index in [9.17, 15) is 9.59 Å². The van der Waals surface area contributed by atoms with E-state index < -0.39 is 23.7 Å². The van der Waals surface area contributed by atoms with Crippen molar-refractivity contribution in [1.82, 2.24) is 5.32 Å². The summed E-state index contributed by atoms with van der Waals surface area (Å²) in [4.78, 5) is 22.3. The zero-order valence-electron chi connectivity index (χ0n) is 9.91. The maximum Gasteiger partial charge on any atom is 0.408 e. The molecule has 2 N–H and O–H groups in total. The molecule has 0 rings (SSSR count). The molecule has 0 aliphatic heterocycles. The second-order valence-corrected chi connectivity index (χ2v) is 5.99. The smallest absolute Gasteiger partial charge is 0.408 e. The normalized spacial score (nSPS) is 15.1. The van der Waals surface area contributed by atoms with Crippen molar-refractivity contribution in [1.29, 1.82) is 0 Å². The standard InChI is InChI=1S/C10H18INO4/c1-5-6(11)7(8(13)14)12-9(15)16-10(2,3)4/h6-7H,5H2,1-4H3,(H,12,15)(H,13,14)/t6?,7-/m0/s1. The summed E-state index contributed by atoms with van der Waals surface area (Å²) in [6.45, 7) is 7.04. The minimum atomic E-state index is -1.05. The lowest BCUT2D eigenvalue weighted by Gasteiger charge is -2.23. The number of aliphatic carboxylic acids is 1. The maximum absolute atomic E-state index is 11.4. The van der Waals surface area contributed by atoms with Crippen molar-refractivity contribution in [2.75, 3.05) is 0 Å². The van der Waals surface area contributed by atoms with Crippen molar-refractivity contribution in [3.05, 3.63) is 0 Å². The summed E-state index contributed by atoms with van der Waals surface area (Å²) in [6.07, 6.45) is -0.0390. The average molecular weight is 343 g/mol. The topological polar surface area (TPSA) is 75.6 Å². The largest absolute Gasteiger partial charge is 0.480 e. The Labute approximate surface area is 109 Å². The molecule has 0 bridgehead atoms. The van der Waals surface area contributed by atoms with E-state index in [0.717, 1.165) is 0 Å². The van der Waals surface area contributed by atoms with Crippen molar-refractivity contribution in [2.24, 2.45) is 0 Å². The Balaban J connectivity index is 4.42. The van der Waals surface area contributed by atoms with E-state index in [0.29, 0.717) is 6.42 Å². The Morgan fingerprint density at radius 2 is 1.94 bits per heavy atom. The molecule has 94 valence electrons. The lowest BCUT2D eigenvalue weighted by atomic mass is 10.2. The molecule has 0 heterocycles. The molecule has 0 aliphatic carbocycles. The number of carboxylic acids is 1. The van der Waals surface area contributed by atoms with E-state index in [1.54, 1.807) is 20.8 Å². The van der Waals surface area contributed by atoms with E-state index in [1.807, 2.05) is 29.5 Å². The molecule has 0 fully saturated rings. The van der Waals surface area contributed by atoms with Crippen LogP contribution in [0.15, 0.2) is 0 Å². The molecule has 0 aromatic rings. The average Bonchev–Trinajstić information content (AvgIpc) is 2.09. The molecule has 0 aromatic carbocycles. The van der Waals surface area contributed by atoms with Crippen LogP contribution in [0.25, 0.3) is 0 Å². The number of hydrogen-bond acceptors (Lipinski definition) is 3. The zero-order chi connectivity index (χ0) is 12.9. The highest BCUT2D eigenvalue weighted by atomic mass is 127. The summed E-state index contributed by atoms with van der Waals surface area (Å²) < 4.78 is 4.83. The lowest BCUT2D eigenvalue weighted by Crippen LogP contribution is -2.48. The van der Waals surface area contributed by atoms with Crippen LogP contribution in [-0.2, 0) is 9.53 Å². The van der Waals surface area contributed by atoms with Crippen LogP contribution < -0.4 is 5.32 Å². The van der Waals surface area contributed by atoms with Crippen LogP contribution in [0.2, 0.25) is 0 Å². The molecule has 2 atom stereocenters. The van der Waals surface area contributed by atoms with Crippen LogP contribution in [0, 0.1) is 0 Å². The van der Waals surface area contributed by atoms with E-state index >= 15 is 0 Å². The summed E-state index contributed by atoms with van der Waals surface area (Å²) in [5, 5.41) is 11.3. The Morgan fingerprint density at radius 3 is 2.25 bits per heavy atom. The first-order valence-corrected chi connectivity index (χ1v) is 6.28. The predicted octanol–water partition coefficient (Wildman–Crippen LogP) is 2.18. The summed E-state index contributed by atoms with van der Waals surface area (Å²) in [7, 11) is 0. The first-order valence-electron chi connectivity index (χ1n) is 5.03. The number of halogens is 1. The van der Waals surface area contributed by atoms with Crippen molar-refractivity contribution in [2.45, 2.75) is 49.7 Å². The first-order chi connectivity index (χ1) is 7.17. The molecule has 0 aliphatic rings. The van der Waals surface area contributed by atoms with E-state index in [1.165, 1.54) is 0 Å². The molecule has 0 spiro atoms. The summed E-state index contributed by atoms with van der Waals surface area (Å²) in [6, 6.07) is -0.916. The summed E-state index contributed by atoms with van der Waals surface area (Å²) >= 11 is 2.00. The number of ether oxygens (including phenoxy) is 1. The number of carbonyl (C=O) groups excluding carboxylic acids is 1. The van der Waals surface area contributed by atoms with Crippen LogP contribution in [0.3, 0.4) is 0 Å². The van der Waals surface area contributed by atoms with Gasteiger partial charge in [0.15, 0.2) is 0 Å². The molecule has 0 aromatic heterocycles. The van der Waals surface area contributed by atoms with E-state index in [-0.39, 0.29) is 3.92 Å². The second-order valence-electron chi connectivity index (χ2n) is 4.39. The van der Waals surface area contributed by atoms with E-state index in [4.69, 9.17) is 9.84 Å². The van der Waals surface area contributed by atoms with Gasteiger partial charge in [-0.05, 0) is 27.2 Å². The Bertz CT molecular complexity index is 262. The van der Waals surface area contributed by atoms with Gasteiger partial charge >= 0.3 is 12.1 Å². The molecule has 1 unspecified atom stereocenters. The highest BCUT2D eigenvalue weighted by Gasteiger charge is 2.28. The number of hydrogen-bond donors (Lipinski definition) is 2. The Morgan fingerprint density at radius 1 is 1.44 bits per heavy atom. The number of amides is 1. The number of carboxylic acid groups (broad SMARTS) is 1. The molecule has 0 saturated heterocycles. The van der Waals surface area contributed by atoms with Gasteiger partial charge in [-0.15, -0.1) is 0 Å². The van der Waals surface area contributed by atoms with Crippen molar-refractivity contribution in [3.63, 3.8) is 0 Å². The van der Waals surface area contributed by atoms with Gasteiger partial charge < -0.3 is 15.2 Å². The minimum Gasteiger partial charge on any atom is -0.480 e. The van der Waals surface area contributed by atoms with Gasteiger partial charge in [0.25, 0.3) is 0 Å². The number of rotatable bonds is 4. The van der Waals surface area contributed by atoms with E-state index in [2.05, 4.69) is 5.32 Å². The van der Waals surface area contributed by atoms with Crippen molar-refractivity contribution >= 4 is 34.7 Å². The zero-order valence-corrected chi connectivity index (χ0v) is 12.1.